The van der Waals surface area contributed by atoms with E-state index in [0.717, 1.165) is 11.0 Å². The van der Waals surface area contributed by atoms with Crippen LogP contribution in [0.2, 0.25) is 0 Å². The molecule has 0 aromatic heterocycles. The van der Waals surface area contributed by atoms with Gasteiger partial charge in [-0.05, 0) is 18.8 Å². The topological polar surface area (TPSA) is 20.2 Å². The van der Waals surface area contributed by atoms with Crippen LogP contribution in [0.5, 0.6) is 0 Å². The molecule has 1 unspecified atom stereocenters. The first-order valence-electron chi connectivity index (χ1n) is 3.16. The summed E-state index contributed by atoms with van der Waals surface area (Å²) < 4.78 is 0. The molecule has 2 saturated heterocycles. The van der Waals surface area contributed by atoms with Crippen molar-refractivity contribution in [3.8, 4) is 0 Å². The van der Waals surface area contributed by atoms with Gasteiger partial charge in [-0.15, -0.1) is 0 Å². The van der Waals surface area contributed by atoms with Gasteiger partial charge in [-0.2, -0.15) is 11.8 Å². The molecular weight excluding hydrogens is 120 g/mol. The summed E-state index contributed by atoms with van der Waals surface area (Å²) in [5.74, 6) is 1.68. The first-order valence-corrected chi connectivity index (χ1v) is 4.21. The van der Waals surface area contributed by atoms with Crippen molar-refractivity contribution in [2.24, 2.45) is 5.92 Å². The van der Waals surface area contributed by atoms with Gasteiger partial charge in [-0.3, -0.25) is 0 Å². The van der Waals surface area contributed by atoms with E-state index in [1.54, 1.807) is 0 Å². The van der Waals surface area contributed by atoms with Crippen LogP contribution < -0.4 is 0 Å². The summed E-state index contributed by atoms with van der Waals surface area (Å²) in [5, 5.41) is 10.1. The fourth-order valence-electron chi connectivity index (χ4n) is 1.43. The maximum atomic E-state index is 9.19. The quantitative estimate of drug-likeness (QED) is 0.525. The third-order valence-corrected chi connectivity index (χ3v) is 3.57. The number of hydrogen-bond donors (Lipinski definition) is 1. The average Bonchev–Trinajstić information content (AvgIpc) is 1.62. The molecule has 0 spiro atoms. The van der Waals surface area contributed by atoms with Crippen molar-refractivity contribution in [2.75, 3.05) is 5.75 Å². The lowest BCUT2D eigenvalue weighted by molar-refractivity contribution is 0.0756. The van der Waals surface area contributed by atoms with Crippen LogP contribution in [-0.2, 0) is 0 Å². The molecule has 2 heterocycles. The van der Waals surface area contributed by atoms with E-state index < -0.39 is 0 Å². The number of aliphatic hydroxyl groups excluding tert-OH is 1. The Kier molecular flexibility index (Phi) is 1.05. The highest BCUT2D eigenvalue weighted by molar-refractivity contribution is 8.00. The summed E-state index contributed by atoms with van der Waals surface area (Å²) in [6.07, 6.45) is 2.60. The van der Waals surface area contributed by atoms with Crippen molar-refractivity contribution in [1.82, 2.24) is 0 Å². The fourth-order valence-corrected chi connectivity index (χ4v) is 2.94. The predicted molar refractivity (Wildman–Crippen MR) is 35.0 cm³/mol. The minimum absolute atomic E-state index is 0.0324. The normalized spacial score (nSPS) is 52.9. The van der Waals surface area contributed by atoms with Crippen molar-refractivity contribution in [1.29, 1.82) is 0 Å². The van der Waals surface area contributed by atoms with Gasteiger partial charge in [0.15, 0.2) is 0 Å². The van der Waals surface area contributed by atoms with Crippen molar-refractivity contribution < 1.29 is 5.11 Å². The summed E-state index contributed by atoms with van der Waals surface area (Å²) in [6.45, 7) is 0. The van der Waals surface area contributed by atoms with Gasteiger partial charge in [-0.1, -0.05) is 0 Å². The Morgan fingerprint density at radius 2 is 2.12 bits per heavy atom. The predicted octanol–water partition coefficient (Wildman–Crippen LogP) is 0.873. The lowest BCUT2D eigenvalue weighted by Crippen LogP contribution is -2.42. The zero-order chi connectivity index (χ0) is 5.56. The standard InChI is InChI=1S/C6H10OS/c7-6-3-8-5-1-4(6)2-5/h4-7H,1-3H2. The maximum Gasteiger partial charge on any atom is 0.0659 e. The average molecular weight is 130 g/mol. The van der Waals surface area contributed by atoms with Crippen LogP contribution in [0, 0.1) is 5.92 Å². The van der Waals surface area contributed by atoms with Crippen LogP contribution in [0.1, 0.15) is 12.8 Å². The highest BCUT2D eigenvalue weighted by atomic mass is 32.2. The van der Waals surface area contributed by atoms with Gasteiger partial charge in [0.1, 0.15) is 0 Å². The molecular formula is C6H10OS. The molecule has 1 N–H and O–H groups in total. The summed E-state index contributed by atoms with van der Waals surface area (Å²) >= 11 is 1.94. The molecule has 3 rings (SSSR count). The molecule has 0 aromatic rings. The van der Waals surface area contributed by atoms with E-state index >= 15 is 0 Å². The first kappa shape index (κ1) is 5.12. The second kappa shape index (κ2) is 1.64. The fraction of sp³-hybridized carbons (Fsp3) is 1.00. The molecule has 2 heteroatoms. The first-order chi connectivity index (χ1) is 3.86. The van der Waals surface area contributed by atoms with Gasteiger partial charge in [0.2, 0.25) is 0 Å². The highest BCUT2D eigenvalue weighted by Gasteiger charge is 2.39. The van der Waals surface area contributed by atoms with Crippen molar-refractivity contribution in [3.05, 3.63) is 0 Å². The number of rotatable bonds is 0. The van der Waals surface area contributed by atoms with Gasteiger partial charge in [-0.25, -0.2) is 0 Å². The molecule has 3 fully saturated rings. The van der Waals surface area contributed by atoms with Gasteiger partial charge in [0, 0.05) is 11.0 Å². The van der Waals surface area contributed by atoms with E-state index in [2.05, 4.69) is 0 Å². The van der Waals surface area contributed by atoms with Crippen LogP contribution in [0.4, 0.5) is 0 Å². The van der Waals surface area contributed by atoms with E-state index in [-0.39, 0.29) is 6.10 Å². The molecule has 3 aliphatic rings. The van der Waals surface area contributed by atoms with Crippen LogP contribution in [0.3, 0.4) is 0 Å². The molecule has 2 bridgehead atoms. The summed E-state index contributed by atoms with van der Waals surface area (Å²) in [5.41, 5.74) is 0. The van der Waals surface area contributed by atoms with Crippen LogP contribution in [0.25, 0.3) is 0 Å². The van der Waals surface area contributed by atoms with E-state index in [9.17, 15) is 5.11 Å². The zero-order valence-corrected chi connectivity index (χ0v) is 5.53. The SMILES string of the molecule is OC1CSC2CC1C2. The molecule has 1 aliphatic carbocycles. The van der Waals surface area contributed by atoms with Crippen molar-refractivity contribution in [2.45, 2.75) is 24.2 Å². The lowest BCUT2D eigenvalue weighted by atomic mass is 9.80. The smallest absolute Gasteiger partial charge is 0.0659 e. The Balaban J connectivity index is 2.01. The van der Waals surface area contributed by atoms with Crippen LogP contribution in [0.15, 0.2) is 0 Å². The molecule has 1 nitrogen and oxygen atoms in total. The largest absolute Gasteiger partial charge is 0.392 e. The summed E-state index contributed by atoms with van der Waals surface area (Å²) in [6, 6.07) is 0. The minimum atomic E-state index is 0.0324. The third-order valence-electron chi connectivity index (χ3n) is 2.18. The Labute approximate surface area is 53.5 Å². The Morgan fingerprint density at radius 3 is 2.38 bits per heavy atom. The molecule has 1 atom stereocenters. The van der Waals surface area contributed by atoms with Crippen molar-refractivity contribution >= 4 is 11.8 Å². The zero-order valence-electron chi connectivity index (χ0n) is 4.71. The van der Waals surface area contributed by atoms with E-state index in [0.29, 0.717) is 5.92 Å². The number of aliphatic hydroxyl groups is 1. The molecule has 1 saturated carbocycles. The molecule has 0 radical (unpaired) electrons. The second-order valence-corrected chi connectivity index (χ2v) is 4.09. The second-order valence-electron chi connectivity index (χ2n) is 2.75. The molecule has 2 aliphatic heterocycles. The Bertz CT molecular complexity index is 93.2. The van der Waals surface area contributed by atoms with Crippen LogP contribution in [-0.4, -0.2) is 22.2 Å². The van der Waals surface area contributed by atoms with Gasteiger partial charge < -0.3 is 5.11 Å². The molecule has 0 amide bonds. The van der Waals surface area contributed by atoms with E-state index in [1.807, 2.05) is 11.8 Å². The number of hydrogen-bond acceptors (Lipinski definition) is 2. The monoisotopic (exact) mass is 130 g/mol. The number of thioether (sulfide) groups is 1. The lowest BCUT2D eigenvalue weighted by Gasteiger charge is -2.43. The summed E-state index contributed by atoms with van der Waals surface area (Å²) in [4.78, 5) is 0. The van der Waals surface area contributed by atoms with Gasteiger partial charge >= 0.3 is 0 Å². The van der Waals surface area contributed by atoms with Gasteiger partial charge in [0.25, 0.3) is 0 Å². The Morgan fingerprint density at radius 1 is 1.38 bits per heavy atom. The maximum absolute atomic E-state index is 9.19. The van der Waals surface area contributed by atoms with E-state index in [4.69, 9.17) is 0 Å². The molecule has 46 valence electrons. The molecule has 8 heavy (non-hydrogen) atoms. The minimum Gasteiger partial charge on any atom is -0.392 e. The number of fused-ring (bicyclic) bond motifs is 2. The third kappa shape index (κ3) is 0.594. The van der Waals surface area contributed by atoms with Crippen LogP contribution >= 0.6 is 11.8 Å². The Hall–Kier alpha value is 0.310. The van der Waals surface area contributed by atoms with E-state index in [1.165, 1.54) is 12.8 Å². The summed E-state index contributed by atoms with van der Waals surface area (Å²) in [7, 11) is 0. The van der Waals surface area contributed by atoms with Gasteiger partial charge in [0.05, 0.1) is 6.10 Å². The molecule has 0 aromatic carbocycles. The van der Waals surface area contributed by atoms with Crippen molar-refractivity contribution in [3.63, 3.8) is 0 Å². The highest BCUT2D eigenvalue weighted by Crippen LogP contribution is 2.44.